The Morgan fingerprint density at radius 1 is 1.47 bits per heavy atom. The molecule has 1 amide bonds. The Morgan fingerprint density at radius 2 is 2.18 bits per heavy atom. The van der Waals surface area contributed by atoms with Crippen molar-refractivity contribution in [1.29, 1.82) is 0 Å². The average molecular weight is 240 g/mol. The van der Waals surface area contributed by atoms with E-state index >= 15 is 0 Å². The first-order valence-electron chi connectivity index (χ1n) is 6.63. The molecule has 0 aromatic rings. The summed E-state index contributed by atoms with van der Waals surface area (Å²) in [6, 6.07) is 0. The minimum Gasteiger partial charge on any atom is -0.384 e. The summed E-state index contributed by atoms with van der Waals surface area (Å²) < 4.78 is 5.35. The van der Waals surface area contributed by atoms with Gasteiger partial charge in [-0.25, -0.2) is 0 Å². The highest BCUT2D eigenvalue weighted by Crippen LogP contribution is 2.49. The molecule has 1 aliphatic heterocycles. The standard InChI is InChI=1S/C13H24N2O2/c1-14-7-12(16)15-8-11(9-17-2)13(10-15)5-3-4-6-13/h11,14H,3-10H2,1-2H3. The highest BCUT2D eigenvalue weighted by Gasteiger charge is 2.48. The van der Waals surface area contributed by atoms with Gasteiger partial charge in [-0.2, -0.15) is 0 Å². The molecule has 1 spiro atoms. The fraction of sp³-hybridized carbons (Fsp3) is 0.923. The van der Waals surface area contributed by atoms with Crippen molar-refractivity contribution < 1.29 is 9.53 Å². The van der Waals surface area contributed by atoms with Crippen molar-refractivity contribution in [3.05, 3.63) is 0 Å². The first-order chi connectivity index (χ1) is 8.22. The van der Waals surface area contributed by atoms with Crippen LogP contribution in [0.5, 0.6) is 0 Å². The second kappa shape index (κ2) is 5.36. The Balaban J connectivity index is 2.03. The zero-order valence-corrected chi connectivity index (χ0v) is 11.0. The van der Waals surface area contributed by atoms with Crippen LogP contribution in [-0.4, -0.2) is 51.2 Å². The lowest BCUT2D eigenvalue weighted by Gasteiger charge is -2.29. The van der Waals surface area contributed by atoms with Crippen LogP contribution in [0, 0.1) is 11.3 Å². The van der Waals surface area contributed by atoms with Gasteiger partial charge in [-0.1, -0.05) is 12.8 Å². The third-order valence-corrected chi connectivity index (χ3v) is 4.46. The van der Waals surface area contributed by atoms with E-state index in [1.807, 2.05) is 11.9 Å². The number of nitrogens with zero attached hydrogens (tertiary/aromatic N) is 1. The van der Waals surface area contributed by atoms with Crippen LogP contribution >= 0.6 is 0 Å². The summed E-state index contributed by atoms with van der Waals surface area (Å²) in [6.07, 6.45) is 5.16. The number of ether oxygens (including phenoxy) is 1. The number of hydrogen-bond acceptors (Lipinski definition) is 3. The number of rotatable bonds is 4. The number of carbonyl (C=O) groups excluding carboxylic acids is 1. The molecule has 1 saturated heterocycles. The number of nitrogens with one attached hydrogen (secondary N) is 1. The summed E-state index contributed by atoms with van der Waals surface area (Å²) in [6.45, 7) is 3.08. The molecule has 0 aromatic carbocycles. The van der Waals surface area contributed by atoms with Crippen LogP contribution in [0.3, 0.4) is 0 Å². The van der Waals surface area contributed by atoms with Crippen molar-refractivity contribution in [2.24, 2.45) is 11.3 Å². The molecular weight excluding hydrogens is 216 g/mol. The molecule has 0 bridgehead atoms. The van der Waals surface area contributed by atoms with Crippen LogP contribution in [0.25, 0.3) is 0 Å². The molecule has 1 unspecified atom stereocenters. The fourth-order valence-electron chi connectivity index (χ4n) is 3.56. The molecule has 1 aliphatic carbocycles. The summed E-state index contributed by atoms with van der Waals surface area (Å²) in [5, 5.41) is 2.95. The highest BCUT2D eigenvalue weighted by molar-refractivity contribution is 5.78. The van der Waals surface area contributed by atoms with E-state index in [4.69, 9.17) is 4.74 Å². The van der Waals surface area contributed by atoms with Gasteiger partial charge in [0, 0.05) is 26.1 Å². The van der Waals surface area contributed by atoms with Gasteiger partial charge in [0.2, 0.25) is 5.91 Å². The molecule has 0 radical (unpaired) electrons. The van der Waals surface area contributed by atoms with Crippen molar-refractivity contribution in [3.8, 4) is 0 Å². The number of methoxy groups -OCH3 is 1. The Bertz CT molecular complexity index is 275. The molecule has 1 heterocycles. The maximum Gasteiger partial charge on any atom is 0.236 e. The molecular formula is C13H24N2O2. The van der Waals surface area contributed by atoms with Gasteiger partial charge in [-0.15, -0.1) is 0 Å². The van der Waals surface area contributed by atoms with Crippen molar-refractivity contribution in [3.63, 3.8) is 0 Å². The largest absolute Gasteiger partial charge is 0.384 e. The van der Waals surface area contributed by atoms with Gasteiger partial charge in [0.1, 0.15) is 0 Å². The second-order valence-corrected chi connectivity index (χ2v) is 5.53. The Labute approximate surface area is 104 Å². The Hall–Kier alpha value is -0.610. The lowest BCUT2D eigenvalue weighted by Crippen LogP contribution is -2.36. The summed E-state index contributed by atoms with van der Waals surface area (Å²) in [4.78, 5) is 14.0. The third-order valence-electron chi connectivity index (χ3n) is 4.46. The van der Waals surface area contributed by atoms with Gasteiger partial charge >= 0.3 is 0 Å². The van der Waals surface area contributed by atoms with Crippen LogP contribution < -0.4 is 5.32 Å². The molecule has 1 atom stereocenters. The van der Waals surface area contributed by atoms with Gasteiger partial charge < -0.3 is 15.0 Å². The molecule has 1 saturated carbocycles. The summed E-state index contributed by atoms with van der Waals surface area (Å²) >= 11 is 0. The van der Waals surface area contributed by atoms with Crippen molar-refractivity contribution in [2.45, 2.75) is 25.7 Å². The van der Waals surface area contributed by atoms with Crippen LogP contribution in [0.15, 0.2) is 0 Å². The van der Waals surface area contributed by atoms with Crippen LogP contribution in [0.1, 0.15) is 25.7 Å². The van der Waals surface area contributed by atoms with Gasteiger partial charge in [0.25, 0.3) is 0 Å². The molecule has 2 rings (SSSR count). The SMILES string of the molecule is CNCC(=O)N1CC(COC)C2(CCCC2)C1. The van der Waals surface area contributed by atoms with E-state index in [0.717, 1.165) is 19.7 Å². The molecule has 0 aromatic heterocycles. The first-order valence-corrected chi connectivity index (χ1v) is 6.63. The van der Waals surface area contributed by atoms with E-state index in [2.05, 4.69) is 5.32 Å². The van der Waals surface area contributed by atoms with Crippen molar-refractivity contribution in [1.82, 2.24) is 10.2 Å². The molecule has 4 nitrogen and oxygen atoms in total. The minimum atomic E-state index is 0.234. The predicted octanol–water partition coefficient (Wildman–Crippen LogP) is 0.871. The van der Waals surface area contributed by atoms with Gasteiger partial charge in [0.15, 0.2) is 0 Å². The van der Waals surface area contributed by atoms with Crippen LogP contribution in [-0.2, 0) is 9.53 Å². The molecule has 2 fully saturated rings. The van der Waals surface area contributed by atoms with E-state index < -0.39 is 0 Å². The third kappa shape index (κ3) is 2.47. The fourth-order valence-corrected chi connectivity index (χ4v) is 3.56. The topological polar surface area (TPSA) is 41.6 Å². The number of carbonyl (C=O) groups is 1. The van der Waals surface area contributed by atoms with Crippen molar-refractivity contribution >= 4 is 5.91 Å². The van der Waals surface area contributed by atoms with E-state index in [1.165, 1.54) is 25.7 Å². The maximum atomic E-state index is 12.0. The number of hydrogen-bond donors (Lipinski definition) is 1. The van der Waals surface area contributed by atoms with E-state index in [9.17, 15) is 4.79 Å². The smallest absolute Gasteiger partial charge is 0.236 e. The quantitative estimate of drug-likeness (QED) is 0.793. The number of likely N-dealkylation sites (tertiary alicyclic amines) is 1. The van der Waals surface area contributed by atoms with E-state index in [-0.39, 0.29) is 5.91 Å². The van der Waals surface area contributed by atoms with E-state index in [0.29, 0.717) is 17.9 Å². The average Bonchev–Trinajstić information content (AvgIpc) is 2.90. The number of amides is 1. The first kappa shape index (κ1) is 12.8. The Morgan fingerprint density at radius 3 is 2.76 bits per heavy atom. The Kier molecular flexibility index (Phi) is 4.05. The molecule has 2 aliphatic rings. The summed E-state index contributed by atoms with van der Waals surface area (Å²) in [5.74, 6) is 0.771. The van der Waals surface area contributed by atoms with Gasteiger partial charge in [0.05, 0.1) is 13.2 Å². The van der Waals surface area contributed by atoms with Crippen LogP contribution in [0.4, 0.5) is 0 Å². The highest BCUT2D eigenvalue weighted by atomic mass is 16.5. The van der Waals surface area contributed by atoms with Crippen molar-refractivity contribution in [2.75, 3.05) is 40.4 Å². The second-order valence-electron chi connectivity index (χ2n) is 5.53. The van der Waals surface area contributed by atoms with Gasteiger partial charge in [-0.05, 0) is 25.3 Å². The molecule has 17 heavy (non-hydrogen) atoms. The zero-order valence-electron chi connectivity index (χ0n) is 11.0. The minimum absolute atomic E-state index is 0.234. The molecule has 98 valence electrons. The number of likely N-dealkylation sites (N-methyl/N-ethyl adjacent to an activating group) is 1. The van der Waals surface area contributed by atoms with Crippen LogP contribution in [0.2, 0.25) is 0 Å². The zero-order chi connectivity index (χ0) is 12.3. The lowest BCUT2D eigenvalue weighted by molar-refractivity contribution is -0.129. The molecule has 4 heteroatoms. The predicted molar refractivity (Wildman–Crippen MR) is 66.8 cm³/mol. The lowest BCUT2D eigenvalue weighted by atomic mass is 9.77. The summed E-state index contributed by atoms with van der Waals surface area (Å²) in [7, 11) is 3.59. The molecule has 1 N–H and O–H groups in total. The van der Waals surface area contributed by atoms with E-state index in [1.54, 1.807) is 7.11 Å². The normalized spacial score (nSPS) is 26.9. The van der Waals surface area contributed by atoms with Gasteiger partial charge in [-0.3, -0.25) is 4.79 Å². The monoisotopic (exact) mass is 240 g/mol. The summed E-state index contributed by atoms with van der Waals surface area (Å²) in [5.41, 5.74) is 0.361. The maximum absolute atomic E-state index is 12.0.